The molecule has 0 N–H and O–H groups in total. The molecule has 2 unspecified atom stereocenters. The average molecular weight is 329 g/mol. The molecule has 1 aliphatic heterocycles. The van der Waals surface area contributed by atoms with E-state index in [0.717, 1.165) is 29.9 Å². The molecule has 0 radical (unpaired) electrons. The van der Waals surface area contributed by atoms with Gasteiger partial charge in [0.15, 0.2) is 0 Å². The van der Waals surface area contributed by atoms with Crippen LogP contribution in [-0.2, 0) is 16.0 Å². The third-order valence-electron chi connectivity index (χ3n) is 4.04. The Balaban J connectivity index is 2.09. The fourth-order valence-electron chi connectivity index (χ4n) is 2.82. The summed E-state index contributed by atoms with van der Waals surface area (Å²) in [6, 6.07) is 5.71. The molecule has 1 aliphatic rings. The summed E-state index contributed by atoms with van der Waals surface area (Å²) >= 11 is 12.4. The van der Waals surface area contributed by atoms with E-state index in [9.17, 15) is 0 Å². The van der Waals surface area contributed by atoms with Crippen LogP contribution >= 0.6 is 23.2 Å². The van der Waals surface area contributed by atoms with Crippen molar-refractivity contribution < 1.29 is 9.47 Å². The number of benzene rings is 1. The first kappa shape index (κ1) is 15.1. The van der Waals surface area contributed by atoms with Crippen molar-refractivity contribution in [2.45, 2.75) is 30.9 Å². The Kier molecular flexibility index (Phi) is 4.14. The third kappa shape index (κ3) is 2.78. The second-order valence-electron chi connectivity index (χ2n) is 5.49. The molecule has 1 aromatic carbocycles. The van der Waals surface area contributed by atoms with Gasteiger partial charge in [-0.1, -0.05) is 11.6 Å². The van der Waals surface area contributed by atoms with E-state index in [-0.39, 0.29) is 11.0 Å². The molecule has 114 valence electrons. The Morgan fingerprint density at radius 2 is 2.33 bits per heavy atom. The standard InChI is InChI=1S/C15H18Cl2N2O2/c1-10(16)14-18-12-7-11(17)3-4-13(12)19(14)8-15(20-2)5-6-21-9-15/h3-4,7,10H,5-6,8-9H2,1-2H3. The van der Waals surface area contributed by atoms with Crippen molar-refractivity contribution in [3.63, 3.8) is 0 Å². The summed E-state index contributed by atoms with van der Waals surface area (Å²) in [5.74, 6) is 0.831. The summed E-state index contributed by atoms with van der Waals surface area (Å²) in [7, 11) is 1.73. The van der Waals surface area contributed by atoms with Crippen molar-refractivity contribution in [3.05, 3.63) is 29.0 Å². The largest absolute Gasteiger partial charge is 0.378 e. The second-order valence-corrected chi connectivity index (χ2v) is 6.59. The molecule has 4 nitrogen and oxygen atoms in total. The lowest BCUT2D eigenvalue weighted by Gasteiger charge is -2.27. The Morgan fingerprint density at radius 3 is 2.95 bits per heavy atom. The van der Waals surface area contributed by atoms with Crippen LogP contribution in [0.15, 0.2) is 18.2 Å². The first-order chi connectivity index (χ1) is 10.0. The minimum absolute atomic E-state index is 0.188. The molecule has 0 saturated carbocycles. The monoisotopic (exact) mass is 328 g/mol. The zero-order chi connectivity index (χ0) is 15.0. The van der Waals surface area contributed by atoms with Gasteiger partial charge in [-0.15, -0.1) is 11.6 Å². The molecule has 2 atom stereocenters. The SMILES string of the molecule is COC1(Cn2c(C(C)Cl)nc3cc(Cl)ccc32)CCOC1. The van der Waals surface area contributed by atoms with Crippen LogP contribution in [0.5, 0.6) is 0 Å². The smallest absolute Gasteiger partial charge is 0.127 e. The average Bonchev–Trinajstić information content (AvgIpc) is 3.05. The van der Waals surface area contributed by atoms with Crippen LogP contribution in [0.2, 0.25) is 5.02 Å². The fourth-order valence-corrected chi connectivity index (χ4v) is 3.15. The number of rotatable bonds is 4. The molecule has 1 saturated heterocycles. The van der Waals surface area contributed by atoms with Crippen molar-refractivity contribution in [2.75, 3.05) is 20.3 Å². The molecule has 6 heteroatoms. The minimum atomic E-state index is -0.312. The van der Waals surface area contributed by atoms with Gasteiger partial charge in [-0.3, -0.25) is 0 Å². The van der Waals surface area contributed by atoms with Gasteiger partial charge in [-0.2, -0.15) is 0 Å². The number of hydrogen-bond donors (Lipinski definition) is 0. The van der Waals surface area contributed by atoms with Crippen molar-refractivity contribution in [2.24, 2.45) is 0 Å². The number of nitrogens with zero attached hydrogens (tertiary/aromatic N) is 2. The summed E-state index contributed by atoms with van der Waals surface area (Å²) in [6.07, 6.45) is 0.868. The molecule has 0 spiro atoms. The van der Waals surface area contributed by atoms with Gasteiger partial charge < -0.3 is 14.0 Å². The predicted molar refractivity (Wildman–Crippen MR) is 84.2 cm³/mol. The van der Waals surface area contributed by atoms with Crippen molar-refractivity contribution in [1.29, 1.82) is 0 Å². The van der Waals surface area contributed by atoms with Crippen molar-refractivity contribution >= 4 is 34.2 Å². The maximum absolute atomic E-state index is 6.31. The lowest BCUT2D eigenvalue weighted by Crippen LogP contribution is -2.37. The van der Waals surface area contributed by atoms with Crippen LogP contribution in [0.4, 0.5) is 0 Å². The Hall–Kier alpha value is -0.810. The van der Waals surface area contributed by atoms with Gasteiger partial charge in [0.05, 0.1) is 29.6 Å². The first-order valence-corrected chi connectivity index (χ1v) is 7.79. The van der Waals surface area contributed by atoms with E-state index in [1.807, 2.05) is 25.1 Å². The topological polar surface area (TPSA) is 36.3 Å². The van der Waals surface area contributed by atoms with Crippen LogP contribution in [0, 0.1) is 0 Å². The van der Waals surface area contributed by atoms with Crippen LogP contribution in [0.3, 0.4) is 0 Å². The normalized spacial score (nSPS) is 23.8. The highest BCUT2D eigenvalue weighted by Crippen LogP contribution is 2.31. The number of aromatic nitrogens is 2. The summed E-state index contributed by atoms with van der Waals surface area (Å²) < 4.78 is 13.4. The summed E-state index contributed by atoms with van der Waals surface area (Å²) in [6.45, 7) is 3.91. The molecule has 0 bridgehead atoms. The number of methoxy groups -OCH3 is 1. The van der Waals surface area contributed by atoms with E-state index < -0.39 is 0 Å². The van der Waals surface area contributed by atoms with Crippen LogP contribution in [-0.4, -0.2) is 35.5 Å². The van der Waals surface area contributed by atoms with Gasteiger partial charge in [-0.25, -0.2) is 4.98 Å². The lowest BCUT2D eigenvalue weighted by molar-refractivity contribution is -0.0292. The zero-order valence-electron chi connectivity index (χ0n) is 12.1. The van der Waals surface area contributed by atoms with Gasteiger partial charge >= 0.3 is 0 Å². The third-order valence-corrected chi connectivity index (χ3v) is 4.47. The van der Waals surface area contributed by atoms with Gasteiger partial charge in [0.25, 0.3) is 0 Å². The van der Waals surface area contributed by atoms with E-state index >= 15 is 0 Å². The van der Waals surface area contributed by atoms with Gasteiger partial charge in [-0.05, 0) is 25.1 Å². The molecule has 3 rings (SSSR count). The second kappa shape index (κ2) is 5.76. The van der Waals surface area contributed by atoms with E-state index in [4.69, 9.17) is 32.7 Å². The molecular formula is C15H18Cl2N2O2. The van der Waals surface area contributed by atoms with Crippen molar-refractivity contribution in [3.8, 4) is 0 Å². The molecule has 21 heavy (non-hydrogen) atoms. The number of hydrogen-bond acceptors (Lipinski definition) is 3. The zero-order valence-corrected chi connectivity index (χ0v) is 13.6. The number of imidazole rings is 1. The molecular weight excluding hydrogens is 311 g/mol. The van der Waals surface area contributed by atoms with E-state index in [0.29, 0.717) is 18.2 Å². The maximum Gasteiger partial charge on any atom is 0.127 e. The lowest BCUT2D eigenvalue weighted by atomic mass is 10.0. The van der Waals surface area contributed by atoms with E-state index in [2.05, 4.69) is 9.55 Å². The van der Waals surface area contributed by atoms with Crippen molar-refractivity contribution in [1.82, 2.24) is 9.55 Å². The highest BCUT2D eigenvalue weighted by atomic mass is 35.5. The fraction of sp³-hybridized carbons (Fsp3) is 0.533. The highest BCUT2D eigenvalue weighted by Gasteiger charge is 2.36. The van der Waals surface area contributed by atoms with Gasteiger partial charge in [0.2, 0.25) is 0 Å². The van der Waals surface area contributed by atoms with Crippen LogP contribution < -0.4 is 0 Å². The Labute approximate surface area is 133 Å². The maximum atomic E-state index is 6.31. The van der Waals surface area contributed by atoms with Crippen LogP contribution in [0.1, 0.15) is 24.5 Å². The highest BCUT2D eigenvalue weighted by molar-refractivity contribution is 6.31. The summed E-state index contributed by atoms with van der Waals surface area (Å²) in [5.41, 5.74) is 1.56. The Morgan fingerprint density at radius 1 is 1.52 bits per heavy atom. The van der Waals surface area contributed by atoms with Gasteiger partial charge in [0.1, 0.15) is 11.4 Å². The number of alkyl halides is 1. The molecule has 1 fully saturated rings. The number of fused-ring (bicyclic) bond motifs is 1. The molecule has 2 aromatic rings. The summed E-state index contributed by atoms with van der Waals surface area (Å²) in [5, 5.41) is 0.485. The van der Waals surface area contributed by atoms with Gasteiger partial charge in [0, 0.05) is 25.2 Å². The first-order valence-electron chi connectivity index (χ1n) is 6.97. The minimum Gasteiger partial charge on any atom is -0.378 e. The molecule has 1 aromatic heterocycles. The number of halogens is 2. The number of ether oxygens (including phenoxy) is 2. The molecule has 2 heterocycles. The van der Waals surface area contributed by atoms with E-state index in [1.165, 1.54) is 0 Å². The Bertz CT molecular complexity index is 648. The molecule has 0 aliphatic carbocycles. The quantitative estimate of drug-likeness (QED) is 0.801. The van der Waals surface area contributed by atoms with E-state index in [1.54, 1.807) is 7.11 Å². The summed E-state index contributed by atoms with van der Waals surface area (Å²) in [4.78, 5) is 4.63. The molecule has 0 amide bonds. The predicted octanol–water partition coefficient (Wildman–Crippen LogP) is 3.80. The van der Waals surface area contributed by atoms with Crippen LogP contribution in [0.25, 0.3) is 11.0 Å².